The number of carbonyl (C=O) groups excluding carboxylic acids is 1. The first-order chi connectivity index (χ1) is 11.7. The number of fused-ring (bicyclic) bond motifs is 2. The average Bonchev–Trinajstić information content (AvgIpc) is 3.05. The molecule has 1 aromatic heterocycles. The summed E-state index contributed by atoms with van der Waals surface area (Å²) in [7, 11) is 0. The fourth-order valence-electron chi connectivity index (χ4n) is 3.31. The summed E-state index contributed by atoms with van der Waals surface area (Å²) >= 11 is 0. The van der Waals surface area contributed by atoms with Crippen LogP contribution in [0.2, 0.25) is 0 Å². The van der Waals surface area contributed by atoms with Crippen LogP contribution < -0.4 is 10.1 Å². The summed E-state index contributed by atoms with van der Waals surface area (Å²) in [5, 5.41) is 11.6. The molecule has 4 rings (SSSR count). The van der Waals surface area contributed by atoms with E-state index in [0.717, 1.165) is 41.4 Å². The summed E-state index contributed by atoms with van der Waals surface area (Å²) in [5.74, 6) is 1.64. The maximum Gasteiger partial charge on any atom is 0.264 e. The lowest BCUT2D eigenvalue weighted by molar-refractivity contribution is -0.138. The maximum atomic E-state index is 12.8. The molecular formula is C18H20N4O2. The van der Waals surface area contributed by atoms with Crippen molar-refractivity contribution in [1.82, 2.24) is 15.1 Å². The van der Waals surface area contributed by atoms with Crippen LogP contribution in [0.3, 0.4) is 0 Å². The highest BCUT2D eigenvalue weighted by Crippen LogP contribution is 2.30. The van der Waals surface area contributed by atoms with Gasteiger partial charge in [0.1, 0.15) is 11.6 Å². The third kappa shape index (κ3) is 2.68. The normalized spacial score (nSPS) is 18.5. The number of rotatable bonds is 3. The minimum Gasteiger partial charge on any atom is -0.480 e. The topological polar surface area (TPSA) is 67.4 Å². The van der Waals surface area contributed by atoms with Gasteiger partial charge in [0.05, 0.1) is 5.69 Å². The molecule has 0 radical (unpaired) electrons. The molecule has 0 spiro atoms. The van der Waals surface area contributed by atoms with E-state index < -0.39 is 6.10 Å². The molecule has 0 bridgehead atoms. The van der Waals surface area contributed by atoms with Crippen LogP contribution in [0.5, 0.6) is 5.75 Å². The number of nitrogens with zero attached hydrogens (tertiary/aromatic N) is 3. The number of hydrogen-bond acceptors (Lipinski definition) is 5. The zero-order chi connectivity index (χ0) is 16.5. The second kappa shape index (κ2) is 6.11. The van der Waals surface area contributed by atoms with Gasteiger partial charge in [-0.1, -0.05) is 18.2 Å². The van der Waals surface area contributed by atoms with E-state index in [1.54, 1.807) is 0 Å². The van der Waals surface area contributed by atoms with Crippen molar-refractivity contribution in [1.29, 1.82) is 0 Å². The highest BCUT2D eigenvalue weighted by molar-refractivity contribution is 5.83. The van der Waals surface area contributed by atoms with Crippen LogP contribution in [0.1, 0.15) is 23.7 Å². The lowest BCUT2D eigenvalue weighted by Crippen LogP contribution is -2.44. The van der Waals surface area contributed by atoms with Crippen LogP contribution in [0.15, 0.2) is 30.3 Å². The second-order valence-electron chi connectivity index (χ2n) is 6.16. The molecule has 1 atom stereocenters. The average molecular weight is 324 g/mol. The molecule has 6 nitrogen and oxygen atoms in total. The molecule has 124 valence electrons. The van der Waals surface area contributed by atoms with Gasteiger partial charge in [-0.2, -0.15) is 5.10 Å². The van der Waals surface area contributed by atoms with Crippen molar-refractivity contribution in [2.24, 2.45) is 0 Å². The summed E-state index contributed by atoms with van der Waals surface area (Å²) in [6, 6.07) is 9.85. The SMILES string of the molecule is CCNc1cc2c(nn1)CCN(C(=O)[C@@H]1Cc3ccccc3O1)C2. The Morgan fingerprint density at radius 1 is 1.33 bits per heavy atom. The van der Waals surface area contributed by atoms with Crippen LogP contribution in [0, 0.1) is 0 Å². The fourth-order valence-corrected chi connectivity index (χ4v) is 3.31. The second-order valence-corrected chi connectivity index (χ2v) is 6.16. The highest BCUT2D eigenvalue weighted by Gasteiger charge is 2.33. The molecule has 3 heterocycles. The van der Waals surface area contributed by atoms with Crippen LogP contribution >= 0.6 is 0 Å². The van der Waals surface area contributed by atoms with Crippen molar-refractivity contribution in [2.75, 3.05) is 18.4 Å². The molecule has 1 aromatic carbocycles. The van der Waals surface area contributed by atoms with Gasteiger partial charge in [-0.25, -0.2) is 0 Å². The Labute approximate surface area is 140 Å². The minimum absolute atomic E-state index is 0.0543. The van der Waals surface area contributed by atoms with Crippen molar-refractivity contribution in [3.63, 3.8) is 0 Å². The van der Waals surface area contributed by atoms with Crippen molar-refractivity contribution >= 4 is 11.7 Å². The number of carbonyl (C=O) groups is 1. The number of aromatic nitrogens is 2. The summed E-state index contributed by atoms with van der Waals surface area (Å²) in [6.45, 7) is 4.05. The molecule has 0 saturated carbocycles. The number of hydrogen-bond donors (Lipinski definition) is 1. The first kappa shape index (κ1) is 14.9. The maximum absolute atomic E-state index is 12.8. The Balaban J connectivity index is 1.48. The molecule has 24 heavy (non-hydrogen) atoms. The zero-order valence-electron chi connectivity index (χ0n) is 13.7. The number of anilines is 1. The molecule has 2 aliphatic rings. The smallest absolute Gasteiger partial charge is 0.264 e. The third-order valence-electron chi connectivity index (χ3n) is 4.53. The molecule has 0 aliphatic carbocycles. The molecule has 6 heteroatoms. The van der Waals surface area contributed by atoms with Gasteiger partial charge < -0.3 is 15.0 Å². The van der Waals surface area contributed by atoms with Gasteiger partial charge in [-0.15, -0.1) is 5.10 Å². The van der Waals surface area contributed by atoms with E-state index in [9.17, 15) is 4.79 Å². The van der Waals surface area contributed by atoms with Gasteiger partial charge >= 0.3 is 0 Å². The van der Waals surface area contributed by atoms with Crippen molar-refractivity contribution in [3.05, 3.63) is 47.2 Å². The number of amides is 1. The van der Waals surface area contributed by atoms with E-state index in [-0.39, 0.29) is 5.91 Å². The standard InChI is InChI=1S/C18H20N4O2/c1-2-19-17-10-13-11-22(8-7-14(13)20-21-17)18(23)16-9-12-5-3-4-6-15(12)24-16/h3-6,10,16H,2,7-9,11H2,1H3,(H,19,21)/t16-/m0/s1. The molecular weight excluding hydrogens is 304 g/mol. The summed E-state index contributed by atoms with van der Waals surface area (Å²) < 4.78 is 5.84. The lowest BCUT2D eigenvalue weighted by Gasteiger charge is -2.29. The summed E-state index contributed by atoms with van der Waals surface area (Å²) in [5.41, 5.74) is 3.15. The molecule has 2 aliphatic heterocycles. The monoisotopic (exact) mass is 324 g/mol. The van der Waals surface area contributed by atoms with Gasteiger partial charge in [0, 0.05) is 32.5 Å². The Kier molecular flexibility index (Phi) is 3.80. The van der Waals surface area contributed by atoms with Crippen LogP contribution in [-0.2, 0) is 24.2 Å². The number of para-hydroxylation sites is 1. The molecule has 1 N–H and O–H groups in total. The molecule has 2 aromatic rings. The first-order valence-corrected chi connectivity index (χ1v) is 8.37. The largest absolute Gasteiger partial charge is 0.480 e. The van der Waals surface area contributed by atoms with Crippen LogP contribution in [-0.4, -0.2) is 40.2 Å². The van der Waals surface area contributed by atoms with E-state index in [4.69, 9.17) is 4.74 Å². The number of ether oxygens (including phenoxy) is 1. The van der Waals surface area contributed by atoms with E-state index in [2.05, 4.69) is 15.5 Å². The van der Waals surface area contributed by atoms with Gasteiger partial charge in [-0.3, -0.25) is 4.79 Å². The quantitative estimate of drug-likeness (QED) is 0.932. The highest BCUT2D eigenvalue weighted by atomic mass is 16.5. The number of benzene rings is 1. The van der Waals surface area contributed by atoms with Gasteiger partial charge in [-0.05, 0) is 30.2 Å². The summed E-state index contributed by atoms with van der Waals surface area (Å²) in [4.78, 5) is 14.7. The van der Waals surface area contributed by atoms with E-state index in [1.807, 2.05) is 42.2 Å². The fraction of sp³-hybridized carbons (Fsp3) is 0.389. The predicted molar refractivity (Wildman–Crippen MR) is 89.9 cm³/mol. The molecule has 1 amide bonds. The Morgan fingerprint density at radius 3 is 3.04 bits per heavy atom. The summed E-state index contributed by atoms with van der Waals surface area (Å²) in [6.07, 6.45) is 0.974. The van der Waals surface area contributed by atoms with Crippen LogP contribution in [0.4, 0.5) is 5.82 Å². The number of nitrogens with one attached hydrogen (secondary N) is 1. The van der Waals surface area contributed by atoms with Crippen molar-refractivity contribution in [2.45, 2.75) is 32.4 Å². The lowest BCUT2D eigenvalue weighted by atomic mass is 10.0. The van der Waals surface area contributed by atoms with E-state index in [1.165, 1.54) is 0 Å². The predicted octanol–water partition coefficient (Wildman–Crippen LogP) is 1.80. The van der Waals surface area contributed by atoms with Crippen LogP contribution in [0.25, 0.3) is 0 Å². The zero-order valence-corrected chi connectivity index (χ0v) is 13.7. The van der Waals surface area contributed by atoms with Gasteiger partial charge in [0.25, 0.3) is 5.91 Å². The first-order valence-electron chi connectivity index (χ1n) is 8.37. The Bertz CT molecular complexity index is 752. The van der Waals surface area contributed by atoms with Crippen molar-refractivity contribution in [3.8, 4) is 5.75 Å². The van der Waals surface area contributed by atoms with Gasteiger partial charge in [0.2, 0.25) is 0 Å². The molecule has 0 fully saturated rings. The van der Waals surface area contributed by atoms with E-state index >= 15 is 0 Å². The van der Waals surface area contributed by atoms with Gasteiger partial charge in [0.15, 0.2) is 6.10 Å². The van der Waals surface area contributed by atoms with E-state index in [0.29, 0.717) is 19.5 Å². The Morgan fingerprint density at radius 2 is 2.21 bits per heavy atom. The third-order valence-corrected chi connectivity index (χ3v) is 4.53. The molecule has 0 unspecified atom stereocenters. The Hall–Kier alpha value is -2.63. The van der Waals surface area contributed by atoms with Crippen molar-refractivity contribution < 1.29 is 9.53 Å². The molecule has 0 saturated heterocycles. The minimum atomic E-state index is -0.410.